The molecule has 0 spiro atoms. The Bertz CT molecular complexity index is 731. The van der Waals surface area contributed by atoms with Crippen LogP contribution in [0.4, 0.5) is 5.69 Å². The van der Waals surface area contributed by atoms with Gasteiger partial charge in [0.2, 0.25) is 10.0 Å². The molecular formula is C15H23N3O6S. The SMILES string of the molecule is CCNC(=O)[C@H](C)Oc1ccc(S(=O)(=O)N(CC)CC)cc1[N+](=O)[O-]. The number of carbonyl (C=O) groups excluding carboxylic acids is 1. The third kappa shape index (κ3) is 4.89. The van der Waals surface area contributed by atoms with Crippen LogP contribution < -0.4 is 10.1 Å². The Labute approximate surface area is 147 Å². The zero-order valence-corrected chi connectivity index (χ0v) is 15.5. The molecule has 0 aromatic heterocycles. The minimum absolute atomic E-state index is 0.165. The van der Waals surface area contributed by atoms with Crippen LogP contribution >= 0.6 is 0 Å². The summed E-state index contributed by atoms with van der Waals surface area (Å²) in [5.74, 6) is -0.584. The Morgan fingerprint density at radius 2 is 1.92 bits per heavy atom. The van der Waals surface area contributed by atoms with Crippen molar-refractivity contribution < 1.29 is 22.9 Å². The van der Waals surface area contributed by atoms with Gasteiger partial charge in [-0.15, -0.1) is 0 Å². The topological polar surface area (TPSA) is 119 Å². The van der Waals surface area contributed by atoms with Gasteiger partial charge in [0.15, 0.2) is 11.9 Å². The monoisotopic (exact) mass is 373 g/mol. The number of nitrogens with one attached hydrogen (secondary N) is 1. The maximum atomic E-state index is 12.5. The highest BCUT2D eigenvalue weighted by molar-refractivity contribution is 7.89. The Morgan fingerprint density at radius 3 is 2.40 bits per heavy atom. The molecule has 10 heteroatoms. The Morgan fingerprint density at radius 1 is 1.32 bits per heavy atom. The molecule has 0 aliphatic carbocycles. The van der Waals surface area contributed by atoms with E-state index < -0.39 is 32.6 Å². The first kappa shape index (κ1) is 20.8. The summed E-state index contributed by atoms with van der Waals surface area (Å²) in [6.45, 7) is 7.45. The third-order valence-corrected chi connectivity index (χ3v) is 5.54. The van der Waals surface area contributed by atoms with Crippen LogP contribution in [0.5, 0.6) is 5.75 Å². The number of nitro benzene ring substituents is 1. The maximum absolute atomic E-state index is 12.5. The van der Waals surface area contributed by atoms with Crippen LogP contribution in [0.15, 0.2) is 23.1 Å². The lowest BCUT2D eigenvalue weighted by Gasteiger charge is -2.19. The maximum Gasteiger partial charge on any atom is 0.312 e. The first-order valence-electron chi connectivity index (χ1n) is 7.91. The van der Waals surface area contributed by atoms with Gasteiger partial charge in [-0.25, -0.2) is 8.42 Å². The smallest absolute Gasteiger partial charge is 0.312 e. The molecule has 0 bridgehead atoms. The Kier molecular flexibility index (Phi) is 7.31. The molecule has 0 heterocycles. The van der Waals surface area contributed by atoms with Crippen LogP contribution in [0.1, 0.15) is 27.7 Å². The van der Waals surface area contributed by atoms with Gasteiger partial charge in [0.25, 0.3) is 5.91 Å². The lowest BCUT2D eigenvalue weighted by Crippen LogP contribution is -2.36. The highest BCUT2D eigenvalue weighted by atomic mass is 32.2. The first-order valence-corrected chi connectivity index (χ1v) is 9.35. The standard InChI is InChI=1S/C15H23N3O6S/c1-5-16-15(19)11(4)24-14-9-8-12(10-13(14)18(20)21)25(22,23)17(6-2)7-3/h8-11H,5-7H2,1-4H3,(H,16,19)/t11-/m0/s1. The average Bonchev–Trinajstić information content (AvgIpc) is 2.55. The second kappa shape index (κ2) is 8.77. The van der Waals surface area contributed by atoms with Gasteiger partial charge < -0.3 is 10.1 Å². The number of amides is 1. The number of hydrogen-bond donors (Lipinski definition) is 1. The summed E-state index contributed by atoms with van der Waals surface area (Å²) in [6.07, 6.45) is -0.955. The molecule has 25 heavy (non-hydrogen) atoms. The summed E-state index contributed by atoms with van der Waals surface area (Å²) in [6, 6.07) is 3.39. The van der Waals surface area contributed by atoms with E-state index in [0.29, 0.717) is 6.54 Å². The van der Waals surface area contributed by atoms with Crippen molar-refractivity contribution in [2.45, 2.75) is 38.7 Å². The van der Waals surface area contributed by atoms with Crippen molar-refractivity contribution in [1.29, 1.82) is 0 Å². The van der Waals surface area contributed by atoms with Gasteiger partial charge in [0.05, 0.1) is 9.82 Å². The molecular weight excluding hydrogens is 350 g/mol. The predicted molar refractivity (Wildman–Crippen MR) is 92.0 cm³/mol. The highest BCUT2D eigenvalue weighted by Crippen LogP contribution is 2.31. The minimum atomic E-state index is -3.83. The van der Waals surface area contributed by atoms with Crippen molar-refractivity contribution in [3.05, 3.63) is 28.3 Å². The summed E-state index contributed by atoms with van der Waals surface area (Å²) in [7, 11) is -3.83. The fourth-order valence-electron chi connectivity index (χ4n) is 2.17. The molecule has 0 fully saturated rings. The summed E-state index contributed by atoms with van der Waals surface area (Å²) >= 11 is 0. The van der Waals surface area contributed by atoms with Crippen LogP contribution in [0.3, 0.4) is 0 Å². The van der Waals surface area contributed by atoms with E-state index in [1.807, 2.05) is 0 Å². The van der Waals surface area contributed by atoms with E-state index in [2.05, 4.69) is 5.32 Å². The van der Waals surface area contributed by atoms with Gasteiger partial charge in [-0.2, -0.15) is 4.31 Å². The fraction of sp³-hybridized carbons (Fsp3) is 0.533. The van der Waals surface area contributed by atoms with Crippen molar-refractivity contribution in [1.82, 2.24) is 9.62 Å². The van der Waals surface area contributed by atoms with Crippen molar-refractivity contribution in [3.8, 4) is 5.75 Å². The lowest BCUT2D eigenvalue weighted by atomic mass is 10.3. The van der Waals surface area contributed by atoms with Crippen molar-refractivity contribution >= 4 is 21.6 Å². The number of ether oxygens (including phenoxy) is 1. The molecule has 0 unspecified atom stereocenters. The quantitative estimate of drug-likeness (QED) is 0.518. The number of nitrogens with zero attached hydrogens (tertiary/aromatic N) is 2. The van der Waals surface area contributed by atoms with Crippen molar-refractivity contribution in [3.63, 3.8) is 0 Å². The second-order valence-electron chi connectivity index (χ2n) is 5.13. The zero-order chi connectivity index (χ0) is 19.2. The largest absolute Gasteiger partial charge is 0.474 e. The molecule has 0 aliphatic heterocycles. The van der Waals surface area contributed by atoms with E-state index in [1.165, 1.54) is 23.4 Å². The second-order valence-corrected chi connectivity index (χ2v) is 7.07. The van der Waals surface area contributed by atoms with E-state index in [9.17, 15) is 23.3 Å². The number of sulfonamides is 1. The Balaban J connectivity index is 3.25. The van der Waals surface area contributed by atoms with Gasteiger partial charge in [-0.1, -0.05) is 13.8 Å². The molecule has 1 amide bonds. The van der Waals surface area contributed by atoms with Crippen molar-refractivity contribution in [2.75, 3.05) is 19.6 Å². The zero-order valence-electron chi connectivity index (χ0n) is 14.7. The van der Waals surface area contributed by atoms with Gasteiger partial charge in [0.1, 0.15) is 0 Å². The molecule has 0 saturated carbocycles. The number of carbonyl (C=O) groups is 1. The molecule has 0 saturated heterocycles. The van der Waals surface area contributed by atoms with E-state index in [1.54, 1.807) is 20.8 Å². The van der Waals surface area contributed by atoms with Crippen LogP contribution in [-0.2, 0) is 14.8 Å². The molecule has 1 N–H and O–H groups in total. The normalized spacial score (nSPS) is 12.7. The Hall–Kier alpha value is -2.20. The number of likely N-dealkylation sites (N-methyl/N-ethyl adjacent to an activating group) is 1. The van der Waals surface area contributed by atoms with E-state index in [0.717, 1.165) is 6.07 Å². The number of nitro groups is 1. The van der Waals surface area contributed by atoms with Gasteiger partial charge in [0, 0.05) is 25.7 Å². The van der Waals surface area contributed by atoms with Crippen LogP contribution in [-0.4, -0.2) is 49.3 Å². The number of rotatable bonds is 9. The summed E-state index contributed by atoms with van der Waals surface area (Å²) in [4.78, 5) is 22.1. The van der Waals surface area contributed by atoms with E-state index in [4.69, 9.17) is 4.74 Å². The molecule has 1 rings (SSSR count). The fourth-order valence-corrected chi connectivity index (χ4v) is 3.65. The molecule has 140 valence electrons. The summed E-state index contributed by atoms with van der Waals surface area (Å²) in [5, 5.41) is 13.8. The molecule has 1 aromatic rings. The molecule has 0 aliphatic rings. The lowest BCUT2D eigenvalue weighted by molar-refractivity contribution is -0.386. The van der Waals surface area contributed by atoms with E-state index in [-0.39, 0.29) is 23.7 Å². The number of hydrogen-bond acceptors (Lipinski definition) is 6. The van der Waals surface area contributed by atoms with E-state index >= 15 is 0 Å². The number of benzene rings is 1. The van der Waals surface area contributed by atoms with Crippen molar-refractivity contribution in [2.24, 2.45) is 0 Å². The first-order chi connectivity index (χ1) is 11.7. The molecule has 9 nitrogen and oxygen atoms in total. The third-order valence-electron chi connectivity index (χ3n) is 3.49. The summed E-state index contributed by atoms with van der Waals surface area (Å²) in [5.41, 5.74) is -0.510. The highest BCUT2D eigenvalue weighted by Gasteiger charge is 2.27. The van der Waals surface area contributed by atoms with Crippen LogP contribution in [0.2, 0.25) is 0 Å². The predicted octanol–water partition coefficient (Wildman–Crippen LogP) is 1.53. The summed E-state index contributed by atoms with van der Waals surface area (Å²) < 4.78 is 31.5. The van der Waals surface area contributed by atoms with Gasteiger partial charge >= 0.3 is 5.69 Å². The van der Waals surface area contributed by atoms with Gasteiger partial charge in [-0.05, 0) is 26.0 Å². The minimum Gasteiger partial charge on any atom is -0.474 e. The molecule has 0 radical (unpaired) electrons. The van der Waals surface area contributed by atoms with Crippen LogP contribution in [0, 0.1) is 10.1 Å². The van der Waals surface area contributed by atoms with Gasteiger partial charge in [-0.3, -0.25) is 14.9 Å². The molecule has 1 aromatic carbocycles. The van der Waals surface area contributed by atoms with Crippen LogP contribution in [0.25, 0.3) is 0 Å². The average molecular weight is 373 g/mol. The molecule has 1 atom stereocenters.